The first-order valence-electron chi connectivity index (χ1n) is 13.5. The van der Waals surface area contributed by atoms with E-state index in [-0.39, 0.29) is 34.6 Å². The van der Waals surface area contributed by atoms with Crippen LogP contribution in [0.1, 0.15) is 68.0 Å². The molecule has 8 heteroatoms. The first kappa shape index (κ1) is 27.1. The van der Waals surface area contributed by atoms with Crippen molar-refractivity contribution in [1.82, 2.24) is 9.80 Å². The van der Waals surface area contributed by atoms with Crippen LogP contribution in [0.4, 0.5) is 5.69 Å². The topological polar surface area (TPSA) is 96.0 Å². The lowest BCUT2D eigenvalue weighted by Crippen LogP contribution is -2.51. The number of rotatable bonds is 5. The minimum absolute atomic E-state index is 0.0806. The minimum atomic E-state index is -0.686. The number of amides is 2. The highest BCUT2D eigenvalue weighted by Gasteiger charge is 2.40. The zero-order valence-electron chi connectivity index (χ0n) is 22.9. The molecule has 2 unspecified atom stereocenters. The van der Waals surface area contributed by atoms with Gasteiger partial charge in [-0.25, -0.2) is 4.79 Å². The number of methoxy groups -OCH3 is 1. The van der Waals surface area contributed by atoms with Crippen LogP contribution in [0, 0.1) is 5.92 Å². The van der Waals surface area contributed by atoms with Crippen LogP contribution >= 0.6 is 0 Å². The summed E-state index contributed by atoms with van der Waals surface area (Å²) in [5, 5.41) is 3.49. The number of piperazine rings is 1. The summed E-state index contributed by atoms with van der Waals surface area (Å²) in [6.07, 6.45) is 0. The van der Waals surface area contributed by atoms with Crippen LogP contribution in [0.3, 0.4) is 0 Å². The van der Waals surface area contributed by atoms with Crippen LogP contribution in [-0.2, 0) is 9.53 Å². The highest BCUT2D eigenvalue weighted by atomic mass is 16.5. The second kappa shape index (κ2) is 11.3. The Labute approximate surface area is 233 Å². The quantitative estimate of drug-likeness (QED) is 0.478. The summed E-state index contributed by atoms with van der Waals surface area (Å²) in [5.41, 5.74) is 3.13. The number of ether oxygens (including phenoxy) is 1. The molecule has 1 N–H and O–H groups in total. The molecule has 0 bridgehead atoms. The van der Waals surface area contributed by atoms with E-state index in [1.807, 2.05) is 50.2 Å². The second-order valence-electron chi connectivity index (χ2n) is 10.5. The number of esters is 1. The summed E-state index contributed by atoms with van der Waals surface area (Å²) in [7, 11) is 1.29. The Morgan fingerprint density at radius 2 is 1.50 bits per heavy atom. The van der Waals surface area contributed by atoms with Crippen molar-refractivity contribution in [2.45, 2.75) is 25.8 Å². The molecule has 2 heterocycles. The molecule has 0 aliphatic carbocycles. The van der Waals surface area contributed by atoms with Crippen molar-refractivity contribution in [1.29, 1.82) is 0 Å². The predicted molar refractivity (Wildman–Crippen MR) is 151 cm³/mol. The van der Waals surface area contributed by atoms with Gasteiger partial charge in [-0.3, -0.25) is 14.4 Å². The third-order valence-electron chi connectivity index (χ3n) is 7.67. The third kappa shape index (κ3) is 5.09. The Balaban J connectivity index is 1.48. The van der Waals surface area contributed by atoms with Crippen molar-refractivity contribution in [3.8, 4) is 0 Å². The summed E-state index contributed by atoms with van der Waals surface area (Å²) in [6.45, 7) is 5.65. The van der Waals surface area contributed by atoms with Crippen LogP contribution in [0.15, 0.2) is 72.8 Å². The molecular formula is C32H33N3O5. The summed E-state index contributed by atoms with van der Waals surface area (Å²) in [4.78, 5) is 56.2. The monoisotopic (exact) mass is 539 g/mol. The van der Waals surface area contributed by atoms with E-state index >= 15 is 0 Å². The molecule has 0 spiro atoms. The van der Waals surface area contributed by atoms with Gasteiger partial charge in [-0.2, -0.15) is 0 Å². The molecule has 2 aliphatic rings. The molecule has 8 nitrogen and oxygen atoms in total. The van der Waals surface area contributed by atoms with Gasteiger partial charge in [-0.05, 0) is 35.4 Å². The van der Waals surface area contributed by atoms with Crippen molar-refractivity contribution in [2.75, 3.05) is 38.6 Å². The van der Waals surface area contributed by atoms with Crippen LogP contribution < -0.4 is 5.32 Å². The predicted octanol–water partition coefficient (Wildman–Crippen LogP) is 4.55. The normalized spacial score (nSPS) is 18.6. The van der Waals surface area contributed by atoms with E-state index in [1.54, 1.807) is 46.2 Å². The van der Waals surface area contributed by atoms with Gasteiger partial charge in [0.05, 0.1) is 30.2 Å². The highest BCUT2D eigenvalue weighted by molar-refractivity contribution is 6.14. The van der Waals surface area contributed by atoms with Gasteiger partial charge in [-0.15, -0.1) is 0 Å². The number of nitrogens with zero attached hydrogens (tertiary/aromatic N) is 2. The second-order valence-corrected chi connectivity index (χ2v) is 10.5. The van der Waals surface area contributed by atoms with Gasteiger partial charge in [-0.1, -0.05) is 62.4 Å². The lowest BCUT2D eigenvalue weighted by Gasteiger charge is -2.36. The molecule has 1 fully saturated rings. The zero-order valence-corrected chi connectivity index (χ0v) is 22.9. The Kier molecular flexibility index (Phi) is 7.69. The first-order chi connectivity index (χ1) is 19.3. The van der Waals surface area contributed by atoms with E-state index < -0.39 is 17.9 Å². The number of ketones is 1. The molecule has 206 valence electrons. The van der Waals surface area contributed by atoms with Crippen LogP contribution in [-0.4, -0.2) is 66.7 Å². The molecule has 3 aromatic carbocycles. The maximum atomic E-state index is 14.2. The maximum Gasteiger partial charge on any atom is 0.338 e. The van der Waals surface area contributed by atoms with Gasteiger partial charge in [0, 0.05) is 43.3 Å². The Hall–Kier alpha value is -4.46. The minimum Gasteiger partial charge on any atom is -0.465 e. The molecule has 3 aromatic rings. The molecule has 0 saturated carbocycles. The van der Waals surface area contributed by atoms with E-state index in [1.165, 1.54) is 7.11 Å². The Morgan fingerprint density at radius 3 is 2.17 bits per heavy atom. The molecule has 2 aliphatic heterocycles. The Morgan fingerprint density at radius 1 is 0.850 bits per heavy atom. The largest absolute Gasteiger partial charge is 0.465 e. The van der Waals surface area contributed by atoms with Gasteiger partial charge in [0.25, 0.3) is 5.91 Å². The van der Waals surface area contributed by atoms with Gasteiger partial charge in [0.2, 0.25) is 5.91 Å². The fourth-order valence-corrected chi connectivity index (χ4v) is 5.60. The molecule has 0 radical (unpaired) electrons. The summed E-state index contributed by atoms with van der Waals surface area (Å²) < 4.78 is 4.96. The summed E-state index contributed by atoms with van der Waals surface area (Å²) in [5.74, 6) is -1.61. The molecule has 1 saturated heterocycles. The van der Waals surface area contributed by atoms with E-state index in [0.717, 1.165) is 5.56 Å². The lowest BCUT2D eigenvalue weighted by molar-refractivity contribution is -0.135. The smallest absolute Gasteiger partial charge is 0.338 e. The average Bonchev–Trinajstić information content (AvgIpc) is 3.00. The van der Waals surface area contributed by atoms with Crippen molar-refractivity contribution in [2.24, 2.45) is 5.92 Å². The molecule has 5 rings (SSSR count). The van der Waals surface area contributed by atoms with Gasteiger partial charge in [0.15, 0.2) is 5.78 Å². The number of anilines is 1. The standard InChI is InChI=1S/C32H33N3O5/c1-20(2)30(37)34-15-17-35(18-16-34)31(38)23-12-7-11-22(19-23)26-28(21-9-5-4-6-10-21)33-25-14-8-13-24(32(39)40-3)27(25)29(26)36/h4-14,19-20,26,28,33H,15-18H2,1-3H3. The first-order valence-corrected chi connectivity index (χ1v) is 13.5. The summed E-state index contributed by atoms with van der Waals surface area (Å²) in [6, 6.07) is 21.5. The van der Waals surface area contributed by atoms with Gasteiger partial charge >= 0.3 is 5.97 Å². The highest BCUT2D eigenvalue weighted by Crippen LogP contribution is 2.43. The lowest BCUT2D eigenvalue weighted by atomic mass is 9.77. The number of carbonyl (C=O) groups excluding carboxylic acids is 4. The van der Waals surface area contributed by atoms with E-state index in [9.17, 15) is 19.2 Å². The van der Waals surface area contributed by atoms with Gasteiger partial charge < -0.3 is 19.9 Å². The maximum absolute atomic E-state index is 14.2. The molecule has 2 amide bonds. The van der Waals surface area contributed by atoms with Crippen molar-refractivity contribution in [3.05, 3.63) is 101 Å². The Bertz CT molecular complexity index is 1440. The number of fused-ring (bicyclic) bond motifs is 1. The number of carbonyl (C=O) groups is 4. The van der Waals surface area contributed by atoms with Gasteiger partial charge in [0.1, 0.15) is 0 Å². The third-order valence-corrected chi connectivity index (χ3v) is 7.67. The SMILES string of the molecule is COC(=O)c1cccc2c1C(=O)C(c1cccc(C(=O)N3CCN(C(=O)C(C)C)CC3)c1)C(c1ccccc1)N2. The van der Waals surface area contributed by atoms with Crippen LogP contribution in [0.2, 0.25) is 0 Å². The molecular weight excluding hydrogens is 506 g/mol. The summed E-state index contributed by atoms with van der Waals surface area (Å²) >= 11 is 0. The number of hydrogen-bond donors (Lipinski definition) is 1. The van der Waals surface area contributed by atoms with Crippen molar-refractivity contribution >= 4 is 29.3 Å². The van der Waals surface area contributed by atoms with E-state index in [2.05, 4.69) is 5.32 Å². The van der Waals surface area contributed by atoms with Crippen molar-refractivity contribution in [3.63, 3.8) is 0 Å². The average molecular weight is 540 g/mol. The fourth-order valence-electron chi connectivity index (χ4n) is 5.60. The fraction of sp³-hybridized carbons (Fsp3) is 0.312. The van der Waals surface area contributed by atoms with Crippen LogP contribution in [0.25, 0.3) is 0 Å². The molecule has 40 heavy (non-hydrogen) atoms. The molecule has 0 aromatic heterocycles. The zero-order chi connectivity index (χ0) is 28.4. The number of hydrogen-bond acceptors (Lipinski definition) is 6. The number of nitrogens with one attached hydrogen (secondary N) is 1. The number of Topliss-reactive ketones (excluding diaryl/α,β-unsaturated/α-hetero) is 1. The van der Waals surface area contributed by atoms with Crippen LogP contribution in [0.5, 0.6) is 0 Å². The molecule has 2 atom stereocenters. The van der Waals surface area contributed by atoms with E-state index in [0.29, 0.717) is 43.0 Å². The number of benzene rings is 3. The van der Waals surface area contributed by atoms with Crippen molar-refractivity contribution < 1.29 is 23.9 Å². The van der Waals surface area contributed by atoms with E-state index in [4.69, 9.17) is 4.74 Å².